The smallest absolute Gasteiger partial charge is 0.225 e. The van der Waals surface area contributed by atoms with Gasteiger partial charge in [0.05, 0.1) is 10.7 Å². The van der Waals surface area contributed by atoms with Crippen LogP contribution in [-0.2, 0) is 10.5 Å². The number of carbonyl (C=O) groups excluding carboxylic acids is 1. The summed E-state index contributed by atoms with van der Waals surface area (Å²) in [4.78, 5) is 17.9. The molecule has 0 spiro atoms. The molecule has 0 aromatic carbocycles. The van der Waals surface area contributed by atoms with E-state index in [4.69, 9.17) is 0 Å². The minimum atomic E-state index is 0.0512. The van der Waals surface area contributed by atoms with Crippen LogP contribution in [0.1, 0.15) is 30.5 Å². The van der Waals surface area contributed by atoms with E-state index >= 15 is 0 Å². The zero-order valence-corrected chi connectivity index (χ0v) is 13.6. The zero-order valence-electron chi connectivity index (χ0n) is 11.2. The van der Waals surface area contributed by atoms with Crippen molar-refractivity contribution in [2.24, 2.45) is 0 Å². The summed E-state index contributed by atoms with van der Waals surface area (Å²) in [7, 11) is 0. The summed E-state index contributed by atoms with van der Waals surface area (Å²) >= 11 is 4.76. The number of rotatable bonds is 5. The lowest BCUT2D eigenvalue weighted by atomic mass is 10.5. The van der Waals surface area contributed by atoms with E-state index in [0.717, 1.165) is 38.8 Å². The highest BCUT2D eigenvalue weighted by Gasteiger charge is 2.34. The maximum atomic E-state index is 11.7. The fraction of sp³-hybridized carbons (Fsp3) is 0.500. The van der Waals surface area contributed by atoms with Crippen molar-refractivity contribution in [3.8, 4) is 0 Å². The van der Waals surface area contributed by atoms with Gasteiger partial charge in [0, 0.05) is 24.1 Å². The van der Waals surface area contributed by atoms with Crippen LogP contribution in [0.3, 0.4) is 0 Å². The summed E-state index contributed by atoms with van der Waals surface area (Å²) in [6.07, 6.45) is 2.14. The maximum absolute atomic E-state index is 11.7. The van der Waals surface area contributed by atoms with Gasteiger partial charge >= 0.3 is 0 Å². The number of anilines is 1. The fourth-order valence-corrected chi connectivity index (χ4v) is 4.42. The zero-order chi connectivity index (χ0) is 14.1. The summed E-state index contributed by atoms with van der Waals surface area (Å²) in [6.45, 7) is 3.59. The second kappa shape index (κ2) is 5.79. The minimum Gasteiger partial charge on any atom is -0.284 e. The van der Waals surface area contributed by atoms with Crippen LogP contribution in [0.5, 0.6) is 0 Å². The van der Waals surface area contributed by atoms with Gasteiger partial charge in [0.1, 0.15) is 0 Å². The molecule has 0 N–H and O–H groups in total. The van der Waals surface area contributed by atoms with Crippen LogP contribution in [0.4, 0.5) is 5.13 Å². The first-order chi connectivity index (χ1) is 9.63. The lowest BCUT2D eigenvalue weighted by Crippen LogP contribution is -2.30. The molecule has 0 radical (unpaired) electrons. The highest BCUT2D eigenvalue weighted by Crippen LogP contribution is 2.36. The summed E-state index contributed by atoms with van der Waals surface area (Å²) in [5.41, 5.74) is 1.07. The molecule has 1 saturated carbocycles. The molecule has 1 aliphatic carbocycles. The van der Waals surface area contributed by atoms with E-state index in [0.29, 0.717) is 6.04 Å². The molecule has 2 heterocycles. The average Bonchev–Trinajstić information content (AvgIpc) is 2.95. The van der Waals surface area contributed by atoms with Gasteiger partial charge in [-0.25, -0.2) is 4.98 Å². The molecule has 2 aromatic heterocycles. The monoisotopic (exact) mass is 326 g/mol. The highest BCUT2D eigenvalue weighted by molar-refractivity contribution is 8.00. The molecule has 0 unspecified atom stereocenters. The van der Waals surface area contributed by atoms with Crippen molar-refractivity contribution in [3.05, 3.63) is 16.1 Å². The normalized spacial score (nSPS) is 14.5. The minimum absolute atomic E-state index is 0.0512. The SMILES string of the molecule is CC(=O)N(c1nnc(SCc2csc(C)n2)s1)C1CC1. The maximum Gasteiger partial charge on any atom is 0.225 e. The van der Waals surface area contributed by atoms with E-state index in [1.165, 1.54) is 11.3 Å². The van der Waals surface area contributed by atoms with Gasteiger partial charge in [0.15, 0.2) is 4.34 Å². The van der Waals surface area contributed by atoms with Crippen LogP contribution >= 0.6 is 34.4 Å². The molecule has 0 atom stereocenters. The summed E-state index contributed by atoms with van der Waals surface area (Å²) in [6, 6.07) is 0.333. The predicted molar refractivity (Wildman–Crippen MR) is 82.5 cm³/mol. The summed E-state index contributed by atoms with van der Waals surface area (Å²) in [5.74, 6) is 0.845. The van der Waals surface area contributed by atoms with Crippen molar-refractivity contribution < 1.29 is 4.79 Å². The molecule has 1 aliphatic rings. The molecular weight excluding hydrogens is 312 g/mol. The Balaban J connectivity index is 1.65. The third kappa shape index (κ3) is 3.18. The van der Waals surface area contributed by atoms with Crippen molar-refractivity contribution in [1.82, 2.24) is 15.2 Å². The van der Waals surface area contributed by atoms with E-state index in [2.05, 4.69) is 20.6 Å². The van der Waals surface area contributed by atoms with Gasteiger partial charge in [-0.15, -0.1) is 21.5 Å². The lowest BCUT2D eigenvalue weighted by molar-refractivity contribution is -0.116. The van der Waals surface area contributed by atoms with E-state index in [-0.39, 0.29) is 5.91 Å². The first kappa shape index (κ1) is 14.0. The molecule has 5 nitrogen and oxygen atoms in total. The van der Waals surface area contributed by atoms with Gasteiger partial charge in [0.2, 0.25) is 11.0 Å². The van der Waals surface area contributed by atoms with E-state index in [9.17, 15) is 4.79 Å². The molecule has 0 bridgehead atoms. The van der Waals surface area contributed by atoms with Gasteiger partial charge in [0.25, 0.3) is 0 Å². The standard InChI is InChI=1S/C12H14N4OS3/c1-7-13-9(5-18-7)6-19-12-15-14-11(20-12)16(8(2)17)10-3-4-10/h5,10H,3-4,6H2,1-2H3. The number of aryl methyl sites for hydroxylation is 1. The number of thioether (sulfide) groups is 1. The van der Waals surface area contributed by atoms with Crippen LogP contribution in [-0.4, -0.2) is 27.1 Å². The number of carbonyl (C=O) groups is 1. The van der Waals surface area contributed by atoms with Crippen LogP contribution in [0.25, 0.3) is 0 Å². The first-order valence-corrected chi connectivity index (χ1v) is 8.99. The Bertz CT molecular complexity index is 620. The predicted octanol–water partition coefficient (Wildman–Crippen LogP) is 3.11. The summed E-state index contributed by atoms with van der Waals surface area (Å²) in [5, 5.41) is 12.2. The Labute approximate surface area is 129 Å². The molecule has 8 heteroatoms. The van der Waals surface area contributed by atoms with Crippen molar-refractivity contribution in [2.45, 2.75) is 42.8 Å². The molecular formula is C12H14N4OS3. The lowest BCUT2D eigenvalue weighted by Gasteiger charge is -2.15. The number of nitrogens with zero attached hydrogens (tertiary/aromatic N) is 4. The fourth-order valence-electron chi connectivity index (χ4n) is 1.85. The molecule has 20 heavy (non-hydrogen) atoms. The second-order valence-electron chi connectivity index (χ2n) is 4.62. The van der Waals surface area contributed by atoms with Gasteiger partial charge in [-0.1, -0.05) is 23.1 Å². The van der Waals surface area contributed by atoms with Gasteiger partial charge in [-0.05, 0) is 19.8 Å². The van der Waals surface area contributed by atoms with Gasteiger partial charge in [-0.2, -0.15) is 0 Å². The first-order valence-electron chi connectivity index (χ1n) is 6.30. The number of hydrogen-bond donors (Lipinski definition) is 0. The number of thiazole rings is 1. The molecule has 0 aliphatic heterocycles. The molecule has 1 amide bonds. The van der Waals surface area contributed by atoms with Crippen molar-refractivity contribution in [3.63, 3.8) is 0 Å². The Morgan fingerprint density at radius 1 is 1.50 bits per heavy atom. The number of aromatic nitrogens is 3. The van der Waals surface area contributed by atoms with Crippen LogP contribution in [0.15, 0.2) is 9.72 Å². The van der Waals surface area contributed by atoms with Crippen LogP contribution in [0.2, 0.25) is 0 Å². The Hall–Kier alpha value is -0.990. The molecule has 3 rings (SSSR count). The van der Waals surface area contributed by atoms with Crippen LogP contribution in [0, 0.1) is 6.92 Å². The van der Waals surface area contributed by atoms with Crippen molar-refractivity contribution >= 4 is 45.5 Å². The van der Waals surface area contributed by atoms with Crippen LogP contribution < -0.4 is 4.90 Å². The Morgan fingerprint density at radius 3 is 2.90 bits per heavy atom. The third-order valence-electron chi connectivity index (χ3n) is 2.86. The quantitative estimate of drug-likeness (QED) is 0.624. The molecule has 2 aromatic rings. The topological polar surface area (TPSA) is 59.0 Å². The average molecular weight is 326 g/mol. The van der Waals surface area contributed by atoms with Crippen molar-refractivity contribution in [1.29, 1.82) is 0 Å². The largest absolute Gasteiger partial charge is 0.284 e. The van der Waals surface area contributed by atoms with E-state index < -0.39 is 0 Å². The highest BCUT2D eigenvalue weighted by atomic mass is 32.2. The summed E-state index contributed by atoms with van der Waals surface area (Å²) < 4.78 is 0.887. The number of hydrogen-bond acceptors (Lipinski definition) is 7. The Morgan fingerprint density at radius 2 is 2.30 bits per heavy atom. The molecule has 1 fully saturated rings. The third-order valence-corrected chi connectivity index (χ3v) is 5.78. The number of amides is 1. The molecule has 0 saturated heterocycles. The van der Waals surface area contributed by atoms with E-state index in [1.54, 1.807) is 34.9 Å². The van der Waals surface area contributed by atoms with Gasteiger partial charge < -0.3 is 0 Å². The van der Waals surface area contributed by atoms with E-state index in [1.807, 2.05) is 6.92 Å². The molecule has 106 valence electrons. The van der Waals surface area contributed by atoms with Crippen molar-refractivity contribution in [2.75, 3.05) is 4.90 Å². The van der Waals surface area contributed by atoms with Gasteiger partial charge in [-0.3, -0.25) is 9.69 Å². The Kier molecular flexibility index (Phi) is 4.04. The second-order valence-corrected chi connectivity index (χ2v) is 7.86.